The minimum Gasteiger partial charge on any atom is -0.491 e. The third-order valence-electron chi connectivity index (χ3n) is 6.59. The number of morpholine rings is 1. The second-order valence-electron chi connectivity index (χ2n) is 9.38. The molecule has 0 aliphatic carbocycles. The maximum atomic E-state index is 12.2. The topological polar surface area (TPSA) is 71.5 Å². The van der Waals surface area contributed by atoms with Crippen LogP contribution >= 0.6 is 0 Å². The third kappa shape index (κ3) is 7.19. The summed E-state index contributed by atoms with van der Waals surface area (Å²) in [5, 5.41) is 11.1. The molecule has 0 spiro atoms. The Morgan fingerprint density at radius 2 is 1.62 bits per heavy atom. The first-order valence-electron chi connectivity index (χ1n) is 12.2. The van der Waals surface area contributed by atoms with E-state index >= 15 is 0 Å². The van der Waals surface area contributed by atoms with Gasteiger partial charge in [-0.05, 0) is 62.6 Å². The normalized spacial score (nSPS) is 21.6. The fourth-order valence-corrected chi connectivity index (χ4v) is 4.39. The van der Waals surface area contributed by atoms with Crippen LogP contribution < -0.4 is 9.47 Å². The number of hydrogen-bond acceptors (Lipinski definition) is 6. The molecule has 2 aliphatic heterocycles. The van der Waals surface area contributed by atoms with Gasteiger partial charge < -0.3 is 24.2 Å². The summed E-state index contributed by atoms with van der Waals surface area (Å²) in [4.78, 5) is 16.4. The maximum Gasteiger partial charge on any atom is 0.260 e. The molecular formula is C27H36N2O5. The summed E-state index contributed by atoms with van der Waals surface area (Å²) in [5.74, 6) is 1.49. The Balaban J connectivity index is 1.21. The molecule has 0 saturated carbocycles. The van der Waals surface area contributed by atoms with Gasteiger partial charge in [0.15, 0.2) is 6.61 Å². The quantitative estimate of drug-likeness (QED) is 0.642. The van der Waals surface area contributed by atoms with E-state index in [9.17, 15) is 9.90 Å². The predicted molar refractivity (Wildman–Crippen MR) is 130 cm³/mol. The highest BCUT2D eigenvalue weighted by atomic mass is 16.5. The Morgan fingerprint density at radius 3 is 2.35 bits per heavy atom. The van der Waals surface area contributed by atoms with Crippen molar-refractivity contribution in [2.45, 2.75) is 38.3 Å². The molecule has 1 N–H and O–H groups in total. The number of hydrogen-bond donors (Lipinski definition) is 1. The number of ether oxygens (including phenoxy) is 3. The SMILES string of the molecule is Cc1ccc(OCC2(O)CCCN(Cc3ccc(OCC(=O)N4CCOCC4)cc3)CC2)cc1. The molecule has 2 heterocycles. The lowest BCUT2D eigenvalue weighted by atomic mass is 9.96. The van der Waals surface area contributed by atoms with Crippen LogP contribution in [0.25, 0.3) is 0 Å². The fraction of sp³-hybridized carbons (Fsp3) is 0.519. The van der Waals surface area contributed by atoms with Gasteiger partial charge in [0, 0.05) is 26.2 Å². The Labute approximate surface area is 202 Å². The van der Waals surface area contributed by atoms with Crippen molar-refractivity contribution in [3.05, 3.63) is 59.7 Å². The van der Waals surface area contributed by atoms with Crippen molar-refractivity contribution in [2.75, 3.05) is 52.6 Å². The number of nitrogens with zero attached hydrogens (tertiary/aromatic N) is 2. The summed E-state index contributed by atoms with van der Waals surface area (Å²) >= 11 is 0. The number of aryl methyl sites for hydroxylation is 1. The standard InChI is InChI=1S/C27H36N2O5/c1-22-3-7-25(8-4-22)34-21-27(31)11-2-13-28(14-12-27)19-23-5-9-24(10-6-23)33-20-26(30)29-15-17-32-18-16-29/h3-10,31H,2,11-21H2,1H3. The van der Waals surface area contributed by atoms with Gasteiger partial charge in [0.25, 0.3) is 5.91 Å². The van der Waals surface area contributed by atoms with Crippen LogP contribution in [0.4, 0.5) is 0 Å². The van der Waals surface area contributed by atoms with Gasteiger partial charge in [0.05, 0.1) is 18.8 Å². The molecule has 2 fully saturated rings. The average Bonchev–Trinajstić information content (AvgIpc) is 3.05. The molecular weight excluding hydrogens is 432 g/mol. The second kappa shape index (κ2) is 11.7. The van der Waals surface area contributed by atoms with Crippen LogP contribution in [0, 0.1) is 6.92 Å². The van der Waals surface area contributed by atoms with E-state index in [0.717, 1.165) is 38.2 Å². The molecule has 34 heavy (non-hydrogen) atoms. The first-order valence-corrected chi connectivity index (χ1v) is 12.2. The monoisotopic (exact) mass is 468 g/mol. The van der Waals surface area contributed by atoms with Crippen molar-refractivity contribution in [2.24, 2.45) is 0 Å². The average molecular weight is 469 g/mol. The Morgan fingerprint density at radius 1 is 0.941 bits per heavy atom. The minimum atomic E-state index is -0.801. The van der Waals surface area contributed by atoms with Crippen LogP contribution in [0.2, 0.25) is 0 Å². The molecule has 7 heteroatoms. The number of rotatable bonds is 8. The number of amides is 1. The van der Waals surface area contributed by atoms with Crippen molar-refractivity contribution >= 4 is 5.91 Å². The number of aliphatic hydroxyl groups is 1. The summed E-state index contributed by atoms with van der Waals surface area (Å²) in [7, 11) is 0. The van der Waals surface area contributed by atoms with Crippen molar-refractivity contribution in [3.63, 3.8) is 0 Å². The maximum absolute atomic E-state index is 12.2. The molecule has 1 atom stereocenters. The van der Waals surface area contributed by atoms with Crippen molar-refractivity contribution in [3.8, 4) is 11.5 Å². The zero-order chi connectivity index (χ0) is 23.8. The lowest BCUT2D eigenvalue weighted by Crippen LogP contribution is -2.42. The summed E-state index contributed by atoms with van der Waals surface area (Å²) in [6, 6.07) is 15.9. The molecule has 0 bridgehead atoms. The number of benzene rings is 2. The summed E-state index contributed by atoms with van der Waals surface area (Å²) < 4.78 is 16.9. The van der Waals surface area contributed by atoms with Gasteiger partial charge in [-0.15, -0.1) is 0 Å². The Kier molecular flexibility index (Phi) is 8.43. The van der Waals surface area contributed by atoms with Crippen LogP contribution in [-0.2, 0) is 16.1 Å². The fourth-order valence-electron chi connectivity index (χ4n) is 4.39. The molecule has 184 valence electrons. The highest BCUT2D eigenvalue weighted by Gasteiger charge is 2.31. The van der Waals surface area contributed by atoms with Crippen LogP contribution in [0.5, 0.6) is 11.5 Å². The van der Waals surface area contributed by atoms with E-state index in [1.807, 2.05) is 55.5 Å². The highest BCUT2D eigenvalue weighted by molar-refractivity contribution is 5.77. The van der Waals surface area contributed by atoms with E-state index in [4.69, 9.17) is 14.2 Å². The molecule has 0 aromatic heterocycles. The zero-order valence-electron chi connectivity index (χ0n) is 20.1. The largest absolute Gasteiger partial charge is 0.491 e. The Hall–Kier alpha value is -2.61. The molecule has 7 nitrogen and oxygen atoms in total. The molecule has 4 rings (SSSR count). The minimum absolute atomic E-state index is 0.00390. The van der Waals surface area contributed by atoms with Gasteiger partial charge in [0.2, 0.25) is 0 Å². The van der Waals surface area contributed by atoms with Gasteiger partial charge in [-0.1, -0.05) is 29.8 Å². The van der Waals surface area contributed by atoms with Crippen LogP contribution in [0.15, 0.2) is 48.5 Å². The second-order valence-corrected chi connectivity index (χ2v) is 9.38. The molecule has 2 saturated heterocycles. The number of likely N-dealkylation sites (tertiary alicyclic amines) is 1. The summed E-state index contributed by atoms with van der Waals surface area (Å²) in [6.45, 7) is 7.44. The van der Waals surface area contributed by atoms with Crippen molar-refractivity contribution < 1.29 is 24.1 Å². The van der Waals surface area contributed by atoms with E-state index in [1.54, 1.807) is 4.90 Å². The summed E-state index contributed by atoms with van der Waals surface area (Å²) in [5.41, 5.74) is 1.58. The molecule has 2 aromatic rings. The molecule has 0 radical (unpaired) electrons. The molecule has 2 aliphatic rings. The van der Waals surface area contributed by atoms with Gasteiger partial charge in [0.1, 0.15) is 18.1 Å². The molecule has 1 amide bonds. The summed E-state index contributed by atoms with van der Waals surface area (Å²) in [6.07, 6.45) is 2.35. The van der Waals surface area contributed by atoms with Gasteiger partial charge in [-0.2, -0.15) is 0 Å². The van der Waals surface area contributed by atoms with Crippen LogP contribution in [0.3, 0.4) is 0 Å². The first-order chi connectivity index (χ1) is 16.5. The first kappa shape index (κ1) is 24.5. The third-order valence-corrected chi connectivity index (χ3v) is 6.59. The lowest BCUT2D eigenvalue weighted by molar-refractivity contribution is -0.137. The van der Waals surface area contributed by atoms with Gasteiger partial charge in [-0.3, -0.25) is 9.69 Å². The zero-order valence-corrected chi connectivity index (χ0v) is 20.1. The lowest BCUT2D eigenvalue weighted by Gasteiger charge is -2.27. The smallest absolute Gasteiger partial charge is 0.260 e. The highest BCUT2D eigenvalue weighted by Crippen LogP contribution is 2.25. The Bertz CT molecular complexity index is 912. The number of carbonyl (C=O) groups excluding carboxylic acids is 1. The molecule has 1 unspecified atom stereocenters. The van der Waals surface area contributed by atoms with Crippen LogP contribution in [-0.4, -0.2) is 79.0 Å². The van der Waals surface area contributed by atoms with E-state index in [2.05, 4.69) is 4.90 Å². The van der Waals surface area contributed by atoms with Crippen molar-refractivity contribution in [1.29, 1.82) is 0 Å². The van der Waals surface area contributed by atoms with Gasteiger partial charge in [-0.25, -0.2) is 0 Å². The van der Waals surface area contributed by atoms with E-state index in [0.29, 0.717) is 45.1 Å². The van der Waals surface area contributed by atoms with Crippen LogP contribution in [0.1, 0.15) is 30.4 Å². The van der Waals surface area contributed by atoms with Gasteiger partial charge >= 0.3 is 0 Å². The number of carbonyl (C=O) groups is 1. The molecule has 2 aromatic carbocycles. The van der Waals surface area contributed by atoms with E-state index < -0.39 is 5.60 Å². The predicted octanol–water partition coefficient (Wildman–Crippen LogP) is 3.03. The van der Waals surface area contributed by atoms with E-state index in [1.165, 1.54) is 11.1 Å². The van der Waals surface area contributed by atoms with E-state index in [-0.39, 0.29) is 12.5 Å². The van der Waals surface area contributed by atoms with Crippen molar-refractivity contribution in [1.82, 2.24) is 9.80 Å².